The van der Waals surface area contributed by atoms with Crippen LogP contribution in [0.15, 0.2) is 55.0 Å². The highest BCUT2D eigenvalue weighted by Crippen LogP contribution is 2.37. The van der Waals surface area contributed by atoms with Crippen LogP contribution in [0.5, 0.6) is 0 Å². The summed E-state index contributed by atoms with van der Waals surface area (Å²) >= 11 is 0. The van der Waals surface area contributed by atoms with E-state index in [0.717, 1.165) is 85.5 Å². The maximum Gasteiger partial charge on any atom is 0.414 e. The number of alkyl halides is 3. The van der Waals surface area contributed by atoms with Gasteiger partial charge in [0.15, 0.2) is 6.04 Å². The molecule has 1 unspecified atom stereocenters. The molecule has 2 fully saturated rings. The van der Waals surface area contributed by atoms with Crippen LogP contribution in [0.4, 0.5) is 24.7 Å². The second-order valence-corrected chi connectivity index (χ2v) is 19.6. The van der Waals surface area contributed by atoms with Crippen molar-refractivity contribution in [2.24, 2.45) is 0 Å². The molecular weight excluding hydrogens is 650 g/mol. The molecule has 2 saturated heterocycles. The van der Waals surface area contributed by atoms with Gasteiger partial charge in [-0.2, -0.15) is 13.2 Å². The number of rotatable bonds is 13. The number of nitrogens with zero attached hydrogens (tertiary/aromatic N) is 6. The van der Waals surface area contributed by atoms with Gasteiger partial charge in [-0.15, -0.1) is 0 Å². The van der Waals surface area contributed by atoms with Gasteiger partial charge < -0.3 is 34.5 Å². The molecule has 0 amide bonds. The Hall–Kier alpha value is -3.56. The average molecular weight is 697 g/mol. The normalized spacial score (nSPS) is 17.1. The van der Waals surface area contributed by atoms with Crippen LogP contribution in [0.3, 0.4) is 0 Å². The van der Waals surface area contributed by atoms with Crippen LogP contribution in [0, 0.1) is 0 Å². The third-order valence-electron chi connectivity index (χ3n) is 9.08. The first-order chi connectivity index (χ1) is 23.5. The number of piperazine rings is 1. The van der Waals surface area contributed by atoms with Crippen LogP contribution in [0.25, 0.3) is 22.3 Å². The molecule has 2 aliphatic heterocycles. The van der Waals surface area contributed by atoms with Gasteiger partial charge in [-0.1, -0.05) is 31.8 Å². The van der Waals surface area contributed by atoms with Gasteiger partial charge >= 0.3 is 6.18 Å². The molecule has 3 aromatic heterocycles. The number of benzene rings is 1. The Morgan fingerprint density at radius 2 is 1.73 bits per heavy atom. The second-order valence-electron chi connectivity index (χ2n) is 14.0. The molecule has 5 heterocycles. The Labute approximate surface area is 287 Å². The van der Waals surface area contributed by atoms with E-state index in [1.165, 1.54) is 6.20 Å². The van der Waals surface area contributed by atoms with Gasteiger partial charge in [-0.05, 0) is 53.9 Å². The molecule has 2 N–H and O–H groups in total. The lowest BCUT2D eigenvalue weighted by Gasteiger charge is -2.28. The van der Waals surface area contributed by atoms with Crippen molar-refractivity contribution in [2.45, 2.75) is 51.1 Å². The molecule has 0 radical (unpaired) electrons. The fourth-order valence-electron chi connectivity index (χ4n) is 6.24. The van der Waals surface area contributed by atoms with Crippen molar-refractivity contribution < 1.29 is 22.6 Å². The molecule has 0 spiro atoms. The van der Waals surface area contributed by atoms with Gasteiger partial charge in [0, 0.05) is 72.4 Å². The number of anilines is 2. The number of morpholine rings is 1. The Balaban J connectivity index is 1.24. The predicted octanol–water partition coefficient (Wildman–Crippen LogP) is 5.81. The van der Waals surface area contributed by atoms with E-state index in [0.29, 0.717) is 38.7 Å². The Morgan fingerprint density at radius 1 is 0.980 bits per heavy atom. The van der Waals surface area contributed by atoms with Gasteiger partial charge in [-0.25, -0.2) is 9.97 Å². The summed E-state index contributed by atoms with van der Waals surface area (Å²) in [4.78, 5) is 18.0. The van der Waals surface area contributed by atoms with Crippen molar-refractivity contribution in [2.75, 3.05) is 75.9 Å². The molecule has 2 aliphatic rings. The monoisotopic (exact) mass is 696 g/mol. The third kappa shape index (κ3) is 9.17. The molecule has 0 bridgehead atoms. The third-order valence-corrected chi connectivity index (χ3v) is 10.8. The topological polar surface area (TPSA) is 92.6 Å². The fraction of sp³-hybridized carbons (Fsp3) is 0.514. The van der Waals surface area contributed by atoms with Gasteiger partial charge in [0.2, 0.25) is 0 Å². The molecule has 10 nitrogen and oxygen atoms in total. The van der Waals surface area contributed by atoms with Crippen LogP contribution < -0.4 is 15.5 Å². The van der Waals surface area contributed by atoms with E-state index >= 15 is 0 Å². The standard InChI is InChI=1S/C35H47F3N8O2Si/c1-49(2,3)21-20-48-25-46-31(23-29-33(41-24-42-34(29)46)45-16-18-47-19-17-45)27-4-6-28(7-5-27)43-32(35(36,37)38)30-22-26(8-10-40-30)9-13-44-14-11-39-12-15-44/h4-8,10,22-24,32,39,43H,9,11-21,25H2,1-3H3. The number of nitrogens with one attached hydrogen (secondary N) is 2. The van der Waals surface area contributed by atoms with Crippen LogP contribution in [0.1, 0.15) is 17.3 Å². The average Bonchev–Trinajstić information content (AvgIpc) is 3.47. The largest absolute Gasteiger partial charge is 0.414 e. The molecule has 6 rings (SSSR count). The summed E-state index contributed by atoms with van der Waals surface area (Å²) in [5.41, 5.74) is 3.59. The molecule has 0 saturated carbocycles. The second kappa shape index (κ2) is 15.5. The first kappa shape index (κ1) is 35.3. The summed E-state index contributed by atoms with van der Waals surface area (Å²) in [6.45, 7) is 15.1. The minimum Gasteiger partial charge on any atom is -0.378 e. The summed E-state index contributed by atoms with van der Waals surface area (Å²) in [7, 11) is -1.29. The van der Waals surface area contributed by atoms with E-state index in [9.17, 15) is 13.2 Å². The molecule has 1 atom stereocenters. The number of halogens is 3. The number of pyridine rings is 1. The maximum atomic E-state index is 14.5. The predicted molar refractivity (Wildman–Crippen MR) is 190 cm³/mol. The van der Waals surface area contributed by atoms with Crippen molar-refractivity contribution in [1.29, 1.82) is 0 Å². The van der Waals surface area contributed by atoms with Gasteiger partial charge in [-0.3, -0.25) is 4.98 Å². The molecule has 14 heteroatoms. The Bertz CT molecular complexity index is 1670. The van der Waals surface area contributed by atoms with Gasteiger partial charge in [0.05, 0.1) is 30.0 Å². The minimum absolute atomic E-state index is 0.0424. The van der Waals surface area contributed by atoms with E-state index < -0.39 is 20.3 Å². The van der Waals surface area contributed by atoms with E-state index in [-0.39, 0.29) is 5.69 Å². The van der Waals surface area contributed by atoms with Gasteiger partial charge in [0.25, 0.3) is 0 Å². The lowest BCUT2D eigenvalue weighted by Crippen LogP contribution is -2.44. The lowest BCUT2D eigenvalue weighted by atomic mass is 10.1. The number of aromatic nitrogens is 4. The van der Waals surface area contributed by atoms with Crippen molar-refractivity contribution in [3.05, 3.63) is 66.2 Å². The molecule has 0 aliphatic carbocycles. The highest BCUT2D eigenvalue weighted by molar-refractivity contribution is 6.76. The zero-order valence-corrected chi connectivity index (χ0v) is 29.6. The molecule has 264 valence electrons. The van der Waals surface area contributed by atoms with Crippen molar-refractivity contribution >= 4 is 30.6 Å². The summed E-state index contributed by atoms with van der Waals surface area (Å²) in [5.74, 6) is 0.837. The Kier molecular flexibility index (Phi) is 11.2. The molecule has 49 heavy (non-hydrogen) atoms. The van der Waals surface area contributed by atoms with Crippen molar-refractivity contribution in [3.8, 4) is 11.3 Å². The smallest absolute Gasteiger partial charge is 0.378 e. The molecular formula is C35H47F3N8O2Si. The number of ether oxygens (including phenoxy) is 2. The van der Waals surface area contributed by atoms with Gasteiger partial charge in [0.1, 0.15) is 24.5 Å². The van der Waals surface area contributed by atoms with E-state index in [1.807, 2.05) is 16.7 Å². The van der Waals surface area contributed by atoms with Crippen molar-refractivity contribution in [1.82, 2.24) is 29.7 Å². The number of fused-ring (bicyclic) bond motifs is 1. The Morgan fingerprint density at radius 3 is 2.45 bits per heavy atom. The highest BCUT2D eigenvalue weighted by atomic mass is 28.3. The van der Waals surface area contributed by atoms with Crippen LogP contribution in [-0.2, 0) is 22.6 Å². The molecule has 1 aromatic carbocycles. The summed E-state index contributed by atoms with van der Waals surface area (Å²) in [6, 6.07) is 11.6. The summed E-state index contributed by atoms with van der Waals surface area (Å²) in [5, 5.41) is 6.95. The SMILES string of the molecule is C[Si](C)(C)CCOCn1c(-c2ccc(NC(c3cc(CCN4CCNCC4)ccn3)C(F)(F)F)cc2)cc2c(N3CCOCC3)ncnc21. The summed E-state index contributed by atoms with van der Waals surface area (Å²) in [6.07, 6.45) is -0.822. The van der Waals surface area contributed by atoms with E-state index in [4.69, 9.17) is 9.47 Å². The fourth-order valence-corrected chi connectivity index (χ4v) is 7.00. The van der Waals surface area contributed by atoms with Crippen molar-refractivity contribution in [3.63, 3.8) is 0 Å². The molecule has 4 aromatic rings. The highest BCUT2D eigenvalue weighted by Gasteiger charge is 2.42. The zero-order valence-electron chi connectivity index (χ0n) is 28.6. The first-order valence-electron chi connectivity index (χ1n) is 17.1. The van der Waals surface area contributed by atoms with Crippen LogP contribution >= 0.6 is 0 Å². The van der Waals surface area contributed by atoms with Crippen LogP contribution in [0.2, 0.25) is 25.7 Å². The van der Waals surface area contributed by atoms with E-state index in [1.54, 1.807) is 30.6 Å². The lowest BCUT2D eigenvalue weighted by molar-refractivity contribution is -0.144. The quantitative estimate of drug-likeness (QED) is 0.133. The summed E-state index contributed by atoms with van der Waals surface area (Å²) < 4.78 is 57.2. The zero-order chi connectivity index (χ0) is 34.4. The van der Waals surface area contributed by atoms with Crippen LogP contribution in [-0.4, -0.2) is 104 Å². The first-order valence-corrected chi connectivity index (χ1v) is 20.8. The van der Waals surface area contributed by atoms with E-state index in [2.05, 4.69) is 61.1 Å². The number of hydrogen-bond acceptors (Lipinski definition) is 9. The minimum atomic E-state index is -4.54. The maximum absolute atomic E-state index is 14.5. The number of hydrogen-bond donors (Lipinski definition) is 2.